The van der Waals surface area contributed by atoms with Crippen LogP contribution in [-0.4, -0.2) is 48.4 Å². The molecule has 0 spiro atoms. The molecule has 0 saturated carbocycles. The van der Waals surface area contributed by atoms with E-state index in [0.29, 0.717) is 5.17 Å². The van der Waals surface area contributed by atoms with E-state index >= 15 is 0 Å². The van der Waals surface area contributed by atoms with Crippen molar-refractivity contribution in [3.8, 4) is 0 Å². The van der Waals surface area contributed by atoms with Crippen LogP contribution in [0.25, 0.3) is 0 Å². The van der Waals surface area contributed by atoms with Crippen LogP contribution in [0.2, 0.25) is 0 Å². The number of amides is 1. The molecule has 0 atom stereocenters. The summed E-state index contributed by atoms with van der Waals surface area (Å²) in [5, 5.41) is 11.1. The van der Waals surface area contributed by atoms with Gasteiger partial charge in [-0.1, -0.05) is 44.5 Å². The van der Waals surface area contributed by atoms with E-state index in [0.717, 1.165) is 43.0 Å². The molecule has 0 aliphatic carbocycles. The fourth-order valence-corrected chi connectivity index (χ4v) is 3.30. The highest BCUT2D eigenvalue weighted by Gasteiger charge is 2.25. The zero-order valence-corrected chi connectivity index (χ0v) is 17.3. The first-order valence-corrected chi connectivity index (χ1v) is 10.1. The number of amidine groups is 1. The van der Waals surface area contributed by atoms with Gasteiger partial charge in [-0.25, -0.2) is 4.79 Å². The Morgan fingerprint density at radius 1 is 1.32 bits per heavy atom. The van der Waals surface area contributed by atoms with Gasteiger partial charge in [-0.05, 0) is 42.4 Å². The first kappa shape index (κ1) is 21.8. The second-order valence-electron chi connectivity index (χ2n) is 6.16. The third kappa shape index (κ3) is 6.61. The topological polar surface area (TPSA) is 83.4 Å². The summed E-state index contributed by atoms with van der Waals surface area (Å²) in [4.78, 5) is 25.7. The number of ether oxygens (including phenoxy) is 1. The van der Waals surface area contributed by atoms with Gasteiger partial charge in [0.1, 0.15) is 0 Å². The zero-order valence-electron chi connectivity index (χ0n) is 16.5. The molecule has 150 valence electrons. The molecule has 1 aromatic rings. The summed E-state index contributed by atoms with van der Waals surface area (Å²) < 4.78 is 4.53. The van der Waals surface area contributed by atoms with Gasteiger partial charge in [0.05, 0.1) is 18.2 Å². The second-order valence-corrected chi connectivity index (χ2v) is 7.19. The van der Waals surface area contributed by atoms with Crippen LogP contribution in [0.15, 0.2) is 45.4 Å². The van der Waals surface area contributed by atoms with Crippen molar-refractivity contribution < 1.29 is 14.3 Å². The number of esters is 1. The Balaban J connectivity index is 2.07. The molecule has 1 heterocycles. The number of hydrogen-bond donors (Lipinski definition) is 1. The minimum Gasteiger partial charge on any atom is -0.466 e. The van der Waals surface area contributed by atoms with E-state index in [2.05, 4.69) is 45.1 Å². The molecular weight excluding hydrogens is 376 g/mol. The fourth-order valence-electron chi connectivity index (χ4n) is 2.56. The first-order valence-electron chi connectivity index (χ1n) is 9.27. The Hall–Kier alpha value is -2.45. The lowest BCUT2D eigenvalue weighted by Gasteiger charge is -2.21. The number of unbranched alkanes of at least 4 members (excludes halogenated alkanes) is 1. The number of carbonyl (C=O) groups is 2. The predicted molar refractivity (Wildman–Crippen MR) is 113 cm³/mol. The van der Waals surface area contributed by atoms with Crippen molar-refractivity contribution >= 4 is 35.0 Å². The van der Waals surface area contributed by atoms with Crippen LogP contribution >= 0.6 is 11.8 Å². The fraction of sp³-hybridized carbons (Fsp3) is 0.400. The predicted octanol–water partition coefficient (Wildman–Crippen LogP) is 2.92. The molecule has 1 aliphatic rings. The third-order valence-electron chi connectivity index (χ3n) is 4.17. The van der Waals surface area contributed by atoms with Gasteiger partial charge in [0, 0.05) is 12.6 Å². The highest BCUT2D eigenvalue weighted by atomic mass is 32.2. The van der Waals surface area contributed by atoms with E-state index in [4.69, 9.17) is 0 Å². The zero-order chi connectivity index (χ0) is 20.4. The maximum absolute atomic E-state index is 11.8. The van der Waals surface area contributed by atoms with Gasteiger partial charge in [-0.2, -0.15) is 5.10 Å². The summed E-state index contributed by atoms with van der Waals surface area (Å²) in [6.07, 6.45) is 5.17. The maximum atomic E-state index is 11.8. The minimum absolute atomic E-state index is 0.232. The van der Waals surface area contributed by atoms with E-state index in [1.165, 1.54) is 25.5 Å². The standard InChI is InChI=1S/C20H26N4O3S/c1-4-6-11-24(5-2)14-16-10-8-7-9-15(16)13-21-23-20-22-19(26)17(28-20)12-18(25)27-3/h7-10,12-13H,4-6,11,14H2,1-3H3,(H,22,23,26)/b17-12+,21-13?. The van der Waals surface area contributed by atoms with E-state index in [1.807, 2.05) is 18.2 Å². The Morgan fingerprint density at radius 3 is 2.82 bits per heavy atom. The lowest BCUT2D eigenvalue weighted by molar-refractivity contribution is -0.135. The molecule has 0 radical (unpaired) electrons. The number of benzene rings is 1. The van der Waals surface area contributed by atoms with Gasteiger partial charge in [-0.3, -0.25) is 15.0 Å². The van der Waals surface area contributed by atoms with E-state index in [9.17, 15) is 9.59 Å². The van der Waals surface area contributed by atoms with Crippen molar-refractivity contribution in [1.29, 1.82) is 0 Å². The van der Waals surface area contributed by atoms with Gasteiger partial charge in [0.2, 0.25) is 0 Å². The Labute approximate surface area is 169 Å². The van der Waals surface area contributed by atoms with Gasteiger partial charge in [0.15, 0.2) is 5.17 Å². The molecule has 1 aliphatic heterocycles. The normalized spacial score (nSPS) is 17.1. The van der Waals surface area contributed by atoms with Gasteiger partial charge < -0.3 is 4.74 Å². The molecule has 1 N–H and O–H groups in total. The number of nitrogens with one attached hydrogen (secondary N) is 1. The highest BCUT2D eigenvalue weighted by molar-refractivity contribution is 8.18. The molecule has 1 aromatic carbocycles. The van der Waals surface area contributed by atoms with Crippen LogP contribution in [-0.2, 0) is 20.9 Å². The molecule has 1 saturated heterocycles. The Morgan fingerprint density at radius 2 is 2.11 bits per heavy atom. The average Bonchev–Trinajstić information content (AvgIpc) is 3.05. The van der Waals surface area contributed by atoms with Gasteiger partial charge in [-0.15, -0.1) is 5.10 Å². The summed E-state index contributed by atoms with van der Waals surface area (Å²) in [6, 6.07) is 8.06. The summed E-state index contributed by atoms with van der Waals surface area (Å²) in [5.74, 6) is -0.973. The largest absolute Gasteiger partial charge is 0.466 e. The number of thioether (sulfide) groups is 1. The summed E-state index contributed by atoms with van der Waals surface area (Å²) >= 11 is 1.05. The maximum Gasteiger partial charge on any atom is 0.331 e. The lowest BCUT2D eigenvalue weighted by atomic mass is 10.1. The van der Waals surface area contributed by atoms with Crippen LogP contribution in [0.1, 0.15) is 37.8 Å². The molecule has 1 fully saturated rings. The van der Waals surface area contributed by atoms with Crippen LogP contribution < -0.4 is 5.32 Å². The summed E-state index contributed by atoms with van der Waals surface area (Å²) in [5.41, 5.74) is 2.17. The molecule has 2 rings (SSSR count). The molecule has 8 heteroatoms. The summed E-state index contributed by atoms with van der Waals surface area (Å²) in [6.45, 7) is 7.27. The van der Waals surface area contributed by atoms with Crippen LogP contribution in [0.3, 0.4) is 0 Å². The quantitative estimate of drug-likeness (QED) is 0.297. The van der Waals surface area contributed by atoms with Crippen molar-refractivity contribution in [1.82, 2.24) is 10.2 Å². The molecular formula is C20H26N4O3S. The first-order chi connectivity index (χ1) is 13.6. The Bertz CT molecular complexity index is 789. The number of rotatable bonds is 9. The number of carbonyl (C=O) groups excluding carboxylic acids is 2. The number of methoxy groups -OCH3 is 1. The molecule has 0 unspecified atom stereocenters. The van der Waals surface area contributed by atoms with Gasteiger partial charge >= 0.3 is 5.97 Å². The number of nitrogens with zero attached hydrogens (tertiary/aromatic N) is 3. The van der Waals surface area contributed by atoms with Crippen molar-refractivity contribution in [2.75, 3.05) is 20.2 Å². The molecule has 0 bridgehead atoms. The van der Waals surface area contributed by atoms with E-state index in [1.54, 1.807) is 6.21 Å². The second kappa shape index (κ2) is 11.4. The number of hydrogen-bond acceptors (Lipinski definition) is 7. The summed E-state index contributed by atoms with van der Waals surface area (Å²) in [7, 11) is 1.26. The third-order valence-corrected chi connectivity index (χ3v) is 5.07. The Kier molecular flexibility index (Phi) is 8.90. The average molecular weight is 403 g/mol. The van der Waals surface area contributed by atoms with E-state index in [-0.39, 0.29) is 10.8 Å². The van der Waals surface area contributed by atoms with Crippen LogP contribution in [0, 0.1) is 0 Å². The molecule has 28 heavy (non-hydrogen) atoms. The molecule has 1 amide bonds. The van der Waals surface area contributed by atoms with Crippen molar-refractivity contribution in [2.24, 2.45) is 10.2 Å². The van der Waals surface area contributed by atoms with Crippen molar-refractivity contribution in [3.63, 3.8) is 0 Å². The monoisotopic (exact) mass is 402 g/mol. The van der Waals surface area contributed by atoms with Crippen molar-refractivity contribution in [2.45, 2.75) is 33.2 Å². The smallest absolute Gasteiger partial charge is 0.331 e. The van der Waals surface area contributed by atoms with Crippen LogP contribution in [0.4, 0.5) is 0 Å². The SMILES string of the molecule is CCCCN(CC)Cc1ccccc1C=N/N=C1/NC(=O)/C(=C\C(=O)OC)S1. The van der Waals surface area contributed by atoms with Gasteiger partial charge in [0.25, 0.3) is 5.91 Å². The molecule has 0 aromatic heterocycles. The van der Waals surface area contributed by atoms with Crippen LogP contribution in [0.5, 0.6) is 0 Å². The van der Waals surface area contributed by atoms with Crippen molar-refractivity contribution in [3.05, 3.63) is 46.4 Å². The minimum atomic E-state index is -0.583. The lowest BCUT2D eigenvalue weighted by Crippen LogP contribution is -2.24. The molecule has 7 nitrogen and oxygen atoms in total. The van der Waals surface area contributed by atoms with E-state index < -0.39 is 5.97 Å². The highest BCUT2D eigenvalue weighted by Crippen LogP contribution is 2.23.